The average Bonchev–Trinajstić information content (AvgIpc) is 2.34. The van der Waals surface area contributed by atoms with Crippen molar-refractivity contribution in [1.29, 1.82) is 0 Å². The zero-order valence-electron chi connectivity index (χ0n) is 9.61. The summed E-state index contributed by atoms with van der Waals surface area (Å²) in [4.78, 5) is 0. The largest absolute Gasteiger partial charge is 0.411 e. The molecule has 0 atom stereocenters. The van der Waals surface area contributed by atoms with Gasteiger partial charge >= 0.3 is 0 Å². The Kier molecular flexibility index (Phi) is 3.57. The number of hydrogen-bond donors (Lipinski definition) is 2. The Morgan fingerprint density at radius 2 is 2.00 bits per heavy atom. The van der Waals surface area contributed by atoms with Crippen molar-refractivity contribution >= 4 is 5.71 Å². The molecule has 0 saturated carbocycles. The highest BCUT2D eigenvalue weighted by Gasteiger charge is 2.21. The number of nitrogens with zero attached hydrogens (tertiary/aromatic N) is 1. The predicted octanol–water partition coefficient (Wildman–Crippen LogP) is 2.17. The highest BCUT2D eigenvalue weighted by molar-refractivity contribution is 6.03. The molecule has 1 aromatic rings. The lowest BCUT2D eigenvalue weighted by Crippen LogP contribution is -2.32. The lowest BCUT2D eigenvalue weighted by Gasteiger charge is -2.24. The van der Waals surface area contributed by atoms with E-state index >= 15 is 0 Å². The molecule has 1 fully saturated rings. The molecule has 2 N–H and O–H groups in total. The van der Waals surface area contributed by atoms with Gasteiger partial charge in [-0.2, -0.15) is 0 Å². The maximum Gasteiger partial charge on any atom is 0.0902 e. The third kappa shape index (κ3) is 2.25. The number of hydrogen-bond acceptors (Lipinski definition) is 3. The van der Waals surface area contributed by atoms with E-state index in [1.165, 1.54) is 5.56 Å². The van der Waals surface area contributed by atoms with Gasteiger partial charge in [0.05, 0.1) is 5.71 Å². The molecule has 1 aliphatic heterocycles. The topological polar surface area (TPSA) is 44.6 Å². The van der Waals surface area contributed by atoms with Crippen LogP contribution >= 0.6 is 0 Å². The lowest BCUT2D eigenvalue weighted by molar-refractivity contribution is 0.311. The summed E-state index contributed by atoms with van der Waals surface area (Å²) in [6.07, 6.45) is 2.10. The summed E-state index contributed by atoms with van der Waals surface area (Å²) in [5.41, 5.74) is 3.10. The first-order valence-corrected chi connectivity index (χ1v) is 5.81. The summed E-state index contributed by atoms with van der Waals surface area (Å²) in [6, 6.07) is 8.10. The molecule has 1 aliphatic rings. The van der Waals surface area contributed by atoms with Crippen molar-refractivity contribution < 1.29 is 5.21 Å². The number of aryl methyl sites for hydroxylation is 1. The Balaban J connectivity index is 2.26. The number of nitrogens with one attached hydrogen (secondary N) is 1. The van der Waals surface area contributed by atoms with E-state index in [-0.39, 0.29) is 0 Å². The predicted molar refractivity (Wildman–Crippen MR) is 65.1 cm³/mol. The normalized spacial score (nSPS) is 18.7. The van der Waals surface area contributed by atoms with Crippen LogP contribution in [0.4, 0.5) is 0 Å². The Morgan fingerprint density at radius 3 is 2.62 bits per heavy atom. The van der Waals surface area contributed by atoms with Gasteiger partial charge in [0.1, 0.15) is 0 Å². The minimum absolute atomic E-state index is 0.382. The van der Waals surface area contributed by atoms with Crippen molar-refractivity contribution in [1.82, 2.24) is 5.32 Å². The van der Waals surface area contributed by atoms with Gasteiger partial charge < -0.3 is 10.5 Å². The third-order valence-electron chi connectivity index (χ3n) is 3.25. The van der Waals surface area contributed by atoms with Crippen molar-refractivity contribution in [2.45, 2.75) is 19.8 Å². The Hall–Kier alpha value is -1.35. The van der Waals surface area contributed by atoms with Crippen molar-refractivity contribution in [3.05, 3.63) is 35.4 Å². The molecule has 86 valence electrons. The Morgan fingerprint density at radius 1 is 1.31 bits per heavy atom. The SMILES string of the molecule is Cc1ccccc1/C(=N/O)C1CCNCC1. The molecular formula is C13H18N2O. The van der Waals surface area contributed by atoms with Gasteiger partial charge in [-0.3, -0.25) is 0 Å². The van der Waals surface area contributed by atoms with E-state index in [9.17, 15) is 5.21 Å². The number of rotatable bonds is 2. The van der Waals surface area contributed by atoms with E-state index in [0.717, 1.165) is 37.2 Å². The molecule has 16 heavy (non-hydrogen) atoms. The second kappa shape index (κ2) is 5.12. The molecule has 0 bridgehead atoms. The fourth-order valence-corrected chi connectivity index (χ4v) is 2.31. The van der Waals surface area contributed by atoms with Crippen molar-refractivity contribution in [3.8, 4) is 0 Å². The van der Waals surface area contributed by atoms with Crippen LogP contribution in [0, 0.1) is 12.8 Å². The first kappa shape index (κ1) is 11.1. The van der Waals surface area contributed by atoms with Gasteiger partial charge in [-0.25, -0.2) is 0 Å². The standard InChI is InChI=1S/C13H18N2O/c1-10-4-2-3-5-12(10)13(15-16)11-6-8-14-9-7-11/h2-5,11,14,16H,6-9H2,1H3/b15-13+. The molecular weight excluding hydrogens is 200 g/mol. The summed E-state index contributed by atoms with van der Waals surface area (Å²) < 4.78 is 0. The fourth-order valence-electron chi connectivity index (χ4n) is 2.31. The van der Waals surface area contributed by atoms with Gasteiger partial charge in [-0.15, -0.1) is 0 Å². The zero-order valence-corrected chi connectivity index (χ0v) is 9.61. The van der Waals surface area contributed by atoms with Crippen molar-refractivity contribution in [2.75, 3.05) is 13.1 Å². The van der Waals surface area contributed by atoms with E-state index in [2.05, 4.69) is 23.5 Å². The molecule has 1 aromatic carbocycles. The van der Waals surface area contributed by atoms with E-state index < -0.39 is 0 Å². The number of piperidine rings is 1. The van der Waals surface area contributed by atoms with Crippen LogP contribution in [0.25, 0.3) is 0 Å². The summed E-state index contributed by atoms with van der Waals surface area (Å²) in [7, 11) is 0. The number of benzene rings is 1. The molecule has 3 heteroatoms. The van der Waals surface area contributed by atoms with E-state index in [1.807, 2.05) is 18.2 Å². The monoisotopic (exact) mass is 218 g/mol. The molecule has 1 heterocycles. The molecule has 0 radical (unpaired) electrons. The summed E-state index contributed by atoms with van der Waals surface area (Å²) in [6.45, 7) is 4.08. The smallest absolute Gasteiger partial charge is 0.0902 e. The molecule has 1 saturated heterocycles. The van der Waals surface area contributed by atoms with Crippen LogP contribution in [0.2, 0.25) is 0 Å². The van der Waals surface area contributed by atoms with Crippen LogP contribution in [0.5, 0.6) is 0 Å². The van der Waals surface area contributed by atoms with Crippen LogP contribution in [-0.4, -0.2) is 24.0 Å². The zero-order chi connectivity index (χ0) is 11.4. The minimum atomic E-state index is 0.382. The van der Waals surface area contributed by atoms with Crippen LogP contribution in [0.1, 0.15) is 24.0 Å². The fraction of sp³-hybridized carbons (Fsp3) is 0.462. The van der Waals surface area contributed by atoms with E-state index in [4.69, 9.17) is 0 Å². The maximum absolute atomic E-state index is 9.22. The highest BCUT2D eigenvalue weighted by Crippen LogP contribution is 2.21. The van der Waals surface area contributed by atoms with Gasteiger partial charge in [0.2, 0.25) is 0 Å². The Bertz CT molecular complexity index is 381. The Labute approximate surface area is 96.2 Å². The lowest BCUT2D eigenvalue weighted by atomic mass is 9.87. The quantitative estimate of drug-likeness (QED) is 0.454. The maximum atomic E-state index is 9.22. The van der Waals surface area contributed by atoms with Crippen molar-refractivity contribution in [2.24, 2.45) is 11.1 Å². The van der Waals surface area contributed by atoms with Crippen LogP contribution in [0.15, 0.2) is 29.4 Å². The van der Waals surface area contributed by atoms with Gasteiger partial charge in [0, 0.05) is 11.5 Å². The summed E-state index contributed by atoms with van der Waals surface area (Å²) in [5.74, 6) is 0.382. The average molecular weight is 218 g/mol. The van der Waals surface area contributed by atoms with Crippen LogP contribution in [-0.2, 0) is 0 Å². The van der Waals surface area contributed by atoms with Crippen LogP contribution < -0.4 is 5.32 Å². The molecule has 0 spiro atoms. The van der Waals surface area contributed by atoms with Gasteiger partial charge in [-0.05, 0) is 38.4 Å². The number of oxime groups is 1. The molecule has 0 aromatic heterocycles. The van der Waals surface area contributed by atoms with Gasteiger partial charge in [0.25, 0.3) is 0 Å². The third-order valence-corrected chi connectivity index (χ3v) is 3.25. The molecule has 0 amide bonds. The molecule has 2 rings (SSSR count). The summed E-state index contributed by atoms with van der Waals surface area (Å²) in [5, 5.41) is 16.1. The molecule has 0 unspecified atom stereocenters. The van der Waals surface area contributed by atoms with Crippen LogP contribution in [0.3, 0.4) is 0 Å². The second-order valence-corrected chi connectivity index (χ2v) is 4.32. The molecule has 0 aliphatic carbocycles. The highest BCUT2D eigenvalue weighted by atomic mass is 16.4. The minimum Gasteiger partial charge on any atom is -0.411 e. The summed E-state index contributed by atoms with van der Waals surface area (Å²) >= 11 is 0. The second-order valence-electron chi connectivity index (χ2n) is 4.32. The van der Waals surface area contributed by atoms with Gasteiger partial charge in [-0.1, -0.05) is 29.4 Å². The first-order valence-electron chi connectivity index (χ1n) is 5.81. The van der Waals surface area contributed by atoms with E-state index in [1.54, 1.807) is 0 Å². The molecule has 3 nitrogen and oxygen atoms in total. The van der Waals surface area contributed by atoms with Gasteiger partial charge in [0.15, 0.2) is 0 Å². The van der Waals surface area contributed by atoms with E-state index in [0.29, 0.717) is 5.92 Å². The first-order chi connectivity index (χ1) is 7.83. The van der Waals surface area contributed by atoms with Crippen molar-refractivity contribution in [3.63, 3.8) is 0 Å².